The maximum absolute atomic E-state index is 13.0. The van der Waals surface area contributed by atoms with Gasteiger partial charge in [0.1, 0.15) is 11.9 Å². The number of alkyl halides is 3. The predicted molar refractivity (Wildman–Crippen MR) is 147 cm³/mol. The van der Waals surface area contributed by atoms with E-state index in [4.69, 9.17) is 4.74 Å². The van der Waals surface area contributed by atoms with Gasteiger partial charge in [0.05, 0.1) is 16.0 Å². The number of aromatic nitrogens is 1. The van der Waals surface area contributed by atoms with Gasteiger partial charge in [0, 0.05) is 37.8 Å². The summed E-state index contributed by atoms with van der Waals surface area (Å²) >= 11 is 0. The van der Waals surface area contributed by atoms with Crippen LogP contribution in [0.15, 0.2) is 90.0 Å². The fourth-order valence-corrected chi connectivity index (χ4v) is 6.46. The van der Waals surface area contributed by atoms with Gasteiger partial charge in [-0.3, -0.25) is 9.88 Å². The molecule has 0 saturated carbocycles. The Kier molecular flexibility index (Phi) is 8.11. The van der Waals surface area contributed by atoms with Crippen molar-refractivity contribution in [3.8, 4) is 5.75 Å². The average Bonchev–Trinajstić information content (AvgIpc) is 2.94. The highest BCUT2D eigenvalue weighted by Gasteiger charge is 2.34. The van der Waals surface area contributed by atoms with E-state index in [0.29, 0.717) is 24.7 Å². The molecule has 0 amide bonds. The lowest BCUT2D eigenvalue weighted by Gasteiger charge is -2.31. The van der Waals surface area contributed by atoms with Crippen LogP contribution in [0.1, 0.15) is 29.5 Å². The highest BCUT2D eigenvalue weighted by molar-refractivity contribution is 7.89. The fraction of sp³-hybridized carbons (Fsp3) is 0.300. The van der Waals surface area contributed by atoms with E-state index < -0.39 is 21.8 Å². The Morgan fingerprint density at radius 2 is 1.62 bits per heavy atom. The van der Waals surface area contributed by atoms with E-state index >= 15 is 0 Å². The van der Waals surface area contributed by atoms with Crippen molar-refractivity contribution < 1.29 is 26.3 Å². The molecule has 2 heterocycles. The van der Waals surface area contributed by atoms with Crippen LogP contribution in [0.4, 0.5) is 13.2 Å². The van der Waals surface area contributed by atoms with Crippen LogP contribution in [0.3, 0.4) is 0 Å². The highest BCUT2D eigenvalue weighted by atomic mass is 32.2. The molecule has 0 N–H and O–H groups in total. The molecular formula is C30H30F3N3O3S. The first-order chi connectivity index (χ1) is 19.1. The van der Waals surface area contributed by atoms with Gasteiger partial charge in [-0.2, -0.15) is 17.5 Å². The van der Waals surface area contributed by atoms with Crippen molar-refractivity contribution in [2.75, 3.05) is 20.1 Å². The molecule has 6 nitrogen and oxygen atoms in total. The predicted octanol–water partition coefficient (Wildman–Crippen LogP) is 6.12. The molecule has 1 aromatic heterocycles. The topological polar surface area (TPSA) is 62.7 Å². The summed E-state index contributed by atoms with van der Waals surface area (Å²) in [6, 6.07) is 22.0. The number of hydrogen-bond donors (Lipinski definition) is 0. The zero-order valence-electron chi connectivity index (χ0n) is 22.0. The van der Waals surface area contributed by atoms with Crippen LogP contribution in [-0.2, 0) is 29.3 Å². The maximum atomic E-state index is 13.0. The smallest absolute Gasteiger partial charge is 0.416 e. The van der Waals surface area contributed by atoms with Crippen LogP contribution in [0.25, 0.3) is 10.9 Å². The number of nitrogens with zero attached hydrogens (tertiary/aromatic N) is 3. The second-order valence-electron chi connectivity index (χ2n) is 10.1. The van der Waals surface area contributed by atoms with E-state index in [0.717, 1.165) is 41.7 Å². The van der Waals surface area contributed by atoms with Crippen molar-refractivity contribution in [2.24, 2.45) is 0 Å². The Hall–Kier alpha value is -3.47. The summed E-state index contributed by atoms with van der Waals surface area (Å²) in [4.78, 5) is 6.25. The van der Waals surface area contributed by atoms with Crippen LogP contribution >= 0.6 is 0 Å². The summed E-state index contributed by atoms with van der Waals surface area (Å²) < 4.78 is 72.4. The molecule has 210 valence electrons. The third-order valence-electron chi connectivity index (χ3n) is 7.00. The Morgan fingerprint density at radius 1 is 0.925 bits per heavy atom. The molecule has 0 aliphatic carbocycles. The van der Waals surface area contributed by atoms with Crippen LogP contribution in [0.5, 0.6) is 5.75 Å². The molecule has 10 heteroatoms. The van der Waals surface area contributed by atoms with Crippen LogP contribution < -0.4 is 4.74 Å². The lowest BCUT2D eigenvalue weighted by atomic mass is 10.1. The minimum Gasteiger partial charge on any atom is -0.490 e. The monoisotopic (exact) mass is 569 g/mol. The number of benzene rings is 3. The number of ether oxygens (including phenoxy) is 1. The molecule has 5 rings (SSSR count). The number of sulfonamides is 1. The van der Waals surface area contributed by atoms with E-state index in [9.17, 15) is 21.6 Å². The molecule has 4 aromatic rings. The minimum absolute atomic E-state index is 0.177. The lowest BCUT2D eigenvalue weighted by Crippen LogP contribution is -2.41. The molecule has 1 saturated heterocycles. The molecule has 3 aromatic carbocycles. The van der Waals surface area contributed by atoms with Crippen molar-refractivity contribution in [1.82, 2.24) is 14.2 Å². The molecule has 0 radical (unpaired) electrons. The van der Waals surface area contributed by atoms with Gasteiger partial charge >= 0.3 is 6.18 Å². The van der Waals surface area contributed by atoms with Crippen LogP contribution in [-0.4, -0.2) is 48.8 Å². The third-order valence-corrected chi connectivity index (χ3v) is 8.89. The second-order valence-corrected chi connectivity index (χ2v) is 12.0. The Bertz CT molecular complexity index is 1570. The van der Waals surface area contributed by atoms with E-state index in [2.05, 4.69) is 35.1 Å². The Balaban J connectivity index is 1.12. The van der Waals surface area contributed by atoms with Crippen molar-refractivity contribution in [2.45, 2.75) is 43.1 Å². The first-order valence-corrected chi connectivity index (χ1v) is 14.5. The standard InChI is InChI=1S/C30H30F3N3O3S/c1-35(21-23-9-12-29-24(18-23)4-3-15-34-29)20-22-7-10-26(11-8-22)39-27-13-16-36(17-14-27)40(37,38)28-6-2-5-25(19-28)30(31,32)33/h2-12,15,18-19,27H,13-14,16-17,20-21H2,1H3. The molecule has 1 fully saturated rings. The summed E-state index contributed by atoms with van der Waals surface area (Å²) in [5.41, 5.74) is 2.35. The number of pyridine rings is 1. The normalized spacial score (nSPS) is 15.5. The molecule has 1 aliphatic heterocycles. The molecule has 0 unspecified atom stereocenters. The second kappa shape index (κ2) is 11.6. The maximum Gasteiger partial charge on any atom is 0.416 e. The SMILES string of the molecule is CN(Cc1ccc(OC2CCN(S(=O)(=O)c3cccc(C(F)(F)F)c3)CC2)cc1)Cc1ccc2ncccc2c1. The van der Waals surface area contributed by atoms with E-state index in [-0.39, 0.29) is 24.1 Å². The van der Waals surface area contributed by atoms with E-state index in [1.165, 1.54) is 15.9 Å². The third kappa shape index (κ3) is 6.63. The van der Waals surface area contributed by atoms with Crippen molar-refractivity contribution >= 4 is 20.9 Å². The lowest BCUT2D eigenvalue weighted by molar-refractivity contribution is -0.137. The minimum atomic E-state index is -4.60. The zero-order chi connectivity index (χ0) is 28.3. The van der Waals surface area contributed by atoms with Crippen molar-refractivity contribution in [3.05, 3.63) is 102 Å². The van der Waals surface area contributed by atoms with Gasteiger partial charge < -0.3 is 4.74 Å². The fourth-order valence-electron chi connectivity index (χ4n) is 4.94. The largest absolute Gasteiger partial charge is 0.490 e. The molecule has 0 atom stereocenters. The molecular weight excluding hydrogens is 539 g/mol. The average molecular weight is 570 g/mol. The van der Waals surface area contributed by atoms with Gasteiger partial charge in [-0.1, -0.05) is 30.3 Å². The summed E-state index contributed by atoms with van der Waals surface area (Å²) in [5.74, 6) is 0.701. The van der Waals surface area contributed by atoms with Crippen LogP contribution in [0, 0.1) is 0 Å². The van der Waals surface area contributed by atoms with Crippen molar-refractivity contribution in [3.63, 3.8) is 0 Å². The van der Waals surface area contributed by atoms with E-state index in [1.807, 2.05) is 36.4 Å². The highest BCUT2D eigenvalue weighted by Crippen LogP contribution is 2.32. The summed E-state index contributed by atoms with van der Waals surface area (Å²) in [5, 5.41) is 1.12. The molecule has 0 spiro atoms. The number of rotatable bonds is 8. The van der Waals surface area contributed by atoms with Gasteiger partial charge in [-0.25, -0.2) is 8.42 Å². The first-order valence-electron chi connectivity index (χ1n) is 13.0. The van der Waals surface area contributed by atoms with Crippen LogP contribution in [0.2, 0.25) is 0 Å². The molecule has 0 bridgehead atoms. The van der Waals surface area contributed by atoms with Gasteiger partial charge in [-0.15, -0.1) is 0 Å². The van der Waals surface area contributed by atoms with E-state index in [1.54, 1.807) is 6.20 Å². The van der Waals surface area contributed by atoms with Crippen molar-refractivity contribution in [1.29, 1.82) is 0 Å². The molecule has 40 heavy (non-hydrogen) atoms. The number of hydrogen-bond acceptors (Lipinski definition) is 5. The molecule has 1 aliphatic rings. The number of halogens is 3. The van der Waals surface area contributed by atoms with Gasteiger partial charge in [0.25, 0.3) is 0 Å². The zero-order valence-corrected chi connectivity index (χ0v) is 22.8. The van der Waals surface area contributed by atoms with Gasteiger partial charge in [0.2, 0.25) is 10.0 Å². The summed E-state index contributed by atoms with van der Waals surface area (Å²) in [6.45, 7) is 1.91. The van der Waals surface area contributed by atoms with Gasteiger partial charge in [0.15, 0.2) is 0 Å². The first kappa shape index (κ1) is 28.1. The number of piperidine rings is 1. The van der Waals surface area contributed by atoms with Gasteiger partial charge in [-0.05, 0) is 79.5 Å². The Labute approximate surface area is 232 Å². The Morgan fingerprint density at radius 3 is 2.35 bits per heavy atom. The summed E-state index contributed by atoms with van der Waals surface area (Å²) in [7, 11) is -1.95. The summed E-state index contributed by atoms with van der Waals surface area (Å²) in [6.07, 6.45) is -2.09. The quantitative estimate of drug-likeness (QED) is 0.256. The number of fused-ring (bicyclic) bond motifs is 1.